The summed E-state index contributed by atoms with van der Waals surface area (Å²) in [5.74, 6) is 2.13. The second kappa shape index (κ2) is 10.3. The Labute approximate surface area is 177 Å². The maximum absolute atomic E-state index is 12.0. The van der Waals surface area contributed by atoms with Crippen molar-refractivity contribution in [1.82, 2.24) is 0 Å². The van der Waals surface area contributed by atoms with Gasteiger partial charge in [-0.05, 0) is 65.1 Å². The van der Waals surface area contributed by atoms with Crippen LogP contribution in [0.2, 0.25) is 0 Å². The van der Waals surface area contributed by atoms with E-state index in [0.717, 1.165) is 22.4 Å². The molecule has 0 spiro atoms. The van der Waals surface area contributed by atoms with Crippen molar-refractivity contribution in [3.8, 4) is 28.4 Å². The minimum atomic E-state index is -0.429. The maximum Gasteiger partial charge on any atom is 0.336 e. The number of hydrogen-bond donors (Lipinski definition) is 0. The van der Waals surface area contributed by atoms with Gasteiger partial charge in [0.25, 0.3) is 0 Å². The molecule has 0 amide bonds. The number of carbonyl (C=O) groups is 1. The topological polar surface area (TPSA) is 44.8 Å². The van der Waals surface area contributed by atoms with Crippen LogP contribution in [0.4, 0.5) is 0 Å². The predicted molar refractivity (Wildman–Crippen MR) is 120 cm³/mol. The number of hydrogen-bond acceptors (Lipinski definition) is 4. The summed E-state index contributed by atoms with van der Waals surface area (Å²) in [4.78, 5) is 12.0. The summed E-state index contributed by atoms with van der Waals surface area (Å²) in [5.41, 5.74) is 3.13. The normalized spacial score (nSPS) is 10.9. The van der Waals surface area contributed by atoms with Crippen LogP contribution in [0, 0.1) is 5.92 Å². The Balaban J connectivity index is 1.57. The first kappa shape index (κ1) is 21.2. The minimum Gasteiger partial charge on any atom is -0.497 e. The first-order valence-corrected chi connectivity index (χ1v) is 9.91. The molecule has 0 aliphatic heterocycles. The van der Waals surface area contributed by atoms with Crippen molar-refractivity contribution < 1.29 is 19.0 Å². The summed E-state index contributed by atoms with van der Waals surface area (Å²) < 4.78 is 16.1. The zero-order valence-electron chi connectivity index (χ0n) is 17.5. The number of carbonyl (C=O) groups excluding carboxylic acids is 1. The Hall–Kier alpha value is -3.53. The second-order valence-corrected chi connectivity index (χ2v) is 7.28. The van der Waals surface area contributed by atoms with Crippen LogP contribution in [0.15, 0.2) is 78.9 Å². The predicted octanol–water partition coefficient (Wildman–Crippen LogP) is 6.02. The van der Waals surface area contributed by atoms with E-state index in [1.165, 1.54) is 6.08 Å². The quantitative estimate of drug-likeness (QED) is 0.263. The fourth-order valence-electron chi connectivity index (χ4n) is 2.75. The van der Waals surface area contributed by atoms with Crippen molar-refractivity contribution in [2.45, 2.75) is 13.8 Å². The molecule has 0 aromatic heterocycles. The molecule has 4 nitrogen and oxygen atoms in total. The third-order valence-corrected chi connectivity index (χ3v) is 4.37. The molecule has 154 valence electrons. The second-order valence-electron chi connectivity index (χ2n) is 7.28. The van der Waals surface area contributed by atoms with Crippen molar-refractivity contribution >= 4 is 12.0 Å². The minimum absolute atomic E-state index is 0.429. The van der Waals surface area contributed by atoms with Crippen LogP contribution < -0.4 is 14.2 Å². The summed E-state index contributed by atoms with van der Waals surface area (Å²) >= 11 is 0. The van der Waals surface area contributed by atoms with Crippen molar-refractivity contribution in [2.75, 3.05) is 13.7 Å². The Morgan fingerprint density at radius 1 is 0.800 bits per heavy atom. The van der Waals surface area contributed by atoms with Gasteiger partial charge in [0.2, 0.25) is 0 Å². The maximum atomic E-state index is 12.0. The number of benzene rings is 3. The van der Waals surface area contributed by atoms with Crippen LogP contribution in [0.1, 0.15) is 19.4 Å². The summed E-state index contributed by atoms with van der Waals surface area (Å²) in [6, 6.07) is 22.9. The number of ether oxygens (including phenoxy) is 3. The molecule has 3 aromatic carbocycles. The van der Waals surface area contributed by atoms with E-state index in [0.29, 0.717) is 24.0 Å². The number of methoxy groups -OCH3 is 1. The monoisotopic (exact) mass is 402 g/mol. The molecule has 0 unspecified atom stereocenters. The van der Waals surface area contributed by atoms with Crippen LogP contribution in [0.5, 0.6) is 17.2 Å². The van der Waals surface area contributed by atoms with E-state index in [2.05, 4.69) is 13.8 Å². The molecule has 0 bridgehead atoms. The van der Waals surface area contributed by atoms with Crippen LogP contribution in [0.3, 0.4) is 0 Å². The molecule has 0 saturated carbocycles. The van der Waals surface area contributed by atoms with Gasteiger partial charge in [-0.1, -0.05) is 50.2 Å². The average molecular weight is 402 g/mol. The lowest BCUT2D eigenvalue weighted by molar-refractivity contribution is -0.128. The largest absolute Gasteiger partial charge is 0.497 e. The van der Waals surface area contributed by atoms with Crippen LogP contribution in [0.25, 0.3) is 17.2 Å². The highest BCUT2D eigenvalue weighted by atomic mass is 16.5. The molecule has 0 fully saturated rings. The smallest absolute Gasteiger partial charge is 0.336 e. The van der Waals surface area contributed by atoms with Gasteiger partial charge in [-0.2, -0.15) is 0 Å². The zero-order chi connectivity index (χ0) is 21.3. The fraction of sp³-hybridized carbons (Fsp3) is 0.192. The Bertz CT molecular complexity index is 969. The van der Waals surface area contributed by atoms with Gasteiger partial charge in [0.05, 0.1) is 13.7 Å². The van der Waals surface area contributed by atoms with Gasteiger partial charge in [-0.25, -0.2) is 4.79 Å². The molecule has 0 aliphatic rings. The lowest BCUT2D eigenvalue weighted by Crippen LogP contribution is -2.04. The molecular formula is C26H26O4. The number of rotatable bonds is 8. The fourth-order valence-corrected chi connectivity index (χ4v) is 2.75. The SMILES string of the molecule is COc1ccc(OC(=O)C=Cc2ccc(-c3ccc(OCC(C)C)cc3)cc2)cc1. The van der Waals surface area contributed by atoms with Crippen LogP contribution >= 0.6 is 0 Å². The molecule has 0 saturated heterocycles. The van der Waals surface area contributed by atoms with E-state index in [-0.39, 0.29) is 0 Å². The van der Waals surface area contributed by atoms with E-state index in [9.17, 15) is 4.79 Å². The molecule has 0 heterocycles. The Morgan fingerprint density at radius 2 is 1.33 bits per heavy atom. The van der Waals surface area contributed by atoms with Gasteiger partial charge in [0.1, 0.15) is 17.2 Å². The standard InChI is InChI=1S/C26H26O4/c1-19(2)18-29-24-11-9-22(10-12-24)21-7-4-20(5-8-21)6-17-26(27)30-25-15-13-23(28-3)14-16-25/h4-17,19H,18H2,1-3H3. The van der Waals surface area contributed by atoms with Crippen LogP contribution in [-0.2, 0) is 4.79 Å². The number of esters is 1. The first-order valence-electron chi connectivity index (χ1n) is 9.91. The third kappa shape index (κ3) is 6.24. The van der Waals surface area contributed by atoms with Gasteiger partial charge in [0.15, 0.2) is 0 Å². The highest BCUT2D eigenvalue weighted by molar-refractivity contribution is 5.88. The molecule has 0 atom stereocenters. The first-order chi connectivity index (χ1) is 14.5. The zero-order valence-corrected chi connectivity index (χ0v) is 17.5. The molecule has 30 heavy (non-hydrogen) atoms. The highest BCUT2D eigenvalue weighted by Gasteiger charge is 2.03. The lowest BCUT2D eigenvalue weighted by Gasteiger charge is -2.09. The summed E-state index contributed by atoms with van der Waals surface area (Å²) in [6.07, 6.45) is 3.15. The molecule has 3 rings (SSSR count). The summed E-state index contributed by atoms with van der Waals surface area (Å²) in [5, 5.41) is 0. The molecular weight excluding hydrogens is 376 g/mol. The molecule has 4 heteroatoms. The molecule has 0 aliphatic carbocycles. The van der Waals surface area contributed by atoms with Crippen LogP contribution in [-0.4, -0.2) is 19.7 Å². The third-order valence-electron chi connectivity index (χ3n) is 4.37. The van der Waals surface area contributed by atoms with Crippen molar-refractivity contribution in [3.05, 3.63) is 84.4 Å². The molecule has 0 radical (unpaired) electrons. The van der Waals surface area contributed by atoms with E-state index in [1.54, 1.807) is 37.5 Å². The van der Waals surface area contributed by atoms with Crippen molar-refractivity contribution in [3.63, 3.8) is 0 Å². The van der Waals surface area contributed by atoms with E-state index in [4.69, 9.17) is 14.2 Å². The Kier molecular flexibility index (Phi) is 7.28. The average Bonchev–Trinajstić information content (AvgIpc) is 2.77. The molecule has 3 aromatic rings. The Morgan fingerprint density at radius 3 is 1.90 bits per heavy atom. The van der Waals surface area contributed by atoms with Gasteiger partial charge >= 0.3 is 5.97 Å². The van der Waals surface area contributed by atoms with Gasteiger partial charge < -0.3 is 14.2 Å². The summed E-state index contributed by atoms with van der Waals surface area (Å²) in [7, 11) is 1.59. The van der Waals surface area contributed by atoms with E-state index < -0.39 is 5.97 Å². The van der Waals surface area contributed by atoms with E-state index >= 15 is 0 Å². The van der Waals surface area contributed by atoms with Crippen molar-refractivity contribution in [1.29, 1.82) is 0 Å². The van der Waals surface area contributed by atoms with Gasteiger partial charge in [-0.3, -0.25) is 0 Å². The van der Waals surface area contributed by atoms with Gasteiger partial charge in [0, 0.05) is 6.08 Å². The highest BCUT2D eigenvalue weighted by Crippen LogP contribution is 2.23. The van der Waals surface area contributed by atoms with Crippen molar-refractivity contribution in [2.24, 2.45) is 5.92 Å². The van der Waals surface area contributed by atoms with Gasteiger partial charge in [-0.15, -0.1) is 0 Å². The lowest BCUT2D eigenvalue weighted by atomic mass is 10.0. The summed E-state index contributed by atoms with van der Waals surface area (Å²) in [6.45, 7) is 4.97. The van der Waals surface area contributed by atoms with E-state index in [1.807, 2.05) is 48.5 Å². The molecule has 0 N–H and O–H groups in total.